The number of rotatable bonds is 2. The molecule has 1 aliphatic heterocycles. The third-order valence-electron chi connectivity index (χ3n) is 3.65. The highest BCUT2D eigenvalue weighted by Crippen LogP contribution is 2.25. The second kappa shape index (κ2) is 4.77. The minimum Gasteiger partial charge on any atom is -0.396 e. The number of nitrogen functional groups attached to an aromatic ring is 1. The van der Waals surface area contributed by atoms with Crippen molar-refractivity contribution >= 4 is 11.6 Å². The maximum Gasteiger partial charge on any atom is 0.274 e. The first-order valence-corrected chi connectivity index (χ1v) is 6.17. The van der Waals surface area contributed by atoms with Crippen LogP contribution >= 0.6 is 0 Å². The number of aromatic amines is 1. The number of carbonyl (C=O) groups is 1. The largest absolute Gasteiger partial charge is 0.396 e. The molecule has 0 spiro atoms. The van der Waals surface area contributed by atoms with Crippen molar-refractivity contribution in [3.05, 3.63) is 11.9 Å². The lowest BCUT2D eigenvalue weighted by molar-refractivity contribution is 0.0663. The number of nitrogens with one attached hydrogen (secondary N) is 1. The Morgan fingerprint density at radius 1 is 1.53 bits per heavy atom. The number of nitrogens with zero attached hydrogens (tertiary/aromatic N) is 2. The Morgan fingerprint density at radius 2 is 2.18 bits per heavy atom. The van der Waals surface area contributed by atoms with Crippen LogP contribution in [-0.4, -0.2) is 34.1 Å². The molecule has 1 aliphatic rings. The number of anilines is 1. The van der Waals surface area contributed by atoms with Gasteiger partial charge in [-0.2, -0.15) is 5.10 Å². The van der Waals surface area contributed by atoms with Crippen LogP contribution in [-0.2, 0) is 0 Å². The third-order valence-corrected chi connectivity index (χ3v) is 3.65. The normalized spacial score (nSPS) is 17.7. The molecule has 0 atom stereocenters. The van der Waals surface area contributed by atoms with Gasteiger partial charge in [0.1, 0.15) is 5.69 Å². The number of piperidine rings is 1. The molecule has 0 aliphatic carbocycles. The summed E-state index contributed by atoms with van der Waals surface area (Å²) >= 11 is 0. The van der Waals surface area contributed by atoms with Crippen LogP contribution in [0.1, 0.15) is 37.2 Å². The van der Waals surface area contributed by atoms with Gasteiger partial charge in [0.15, 0.2) is 0 Å². The van der Waals surface area contributed by atoms with Gasteiger partial charge in [-0.05, 0) is 24.7 Å². The van der Waals surface area contributed by atoms with Crippen molar-refractivity contribution in [2.75, 3.05) is 18.8 Å². The summed E-state index contributed by atoms with van der Waals surface area (Å²) in [6, 6.07) is 0. The van der Waals surface area contributed by atoms with E-state index in [4.69, 9.17) is 5.73 Å². The Balaban J connectivity index is 1.98. The maximum atomic E-state index is 12.1. The van der Waals surface area contributed by atoms with E-state index in [1.54, 1.807) is 0 Å². The first-order chi connectivity index (χ1) is 8.09. The number of amides is 1. The smallest absolute Gasteiger partial charge is 0.274 e. The van der Waals surface area contributed by atoms with E-state index in [0.29, 0.717) is 17.3 Å². The van der Waals surface area contributed by atoms with Crippen LogP contribution in [0.2, 0.25) is 0 Å². The van der Waals surface area contributed by atoms with Crippen molar-refractivity contribution in [2.24, 2.45) is 11.8 Å². The molecule has 1 aromatic heterocycles. The van der Waals surface area contributed by atoms with Crippen LogP contribution in [0.25, 0.3) is 0 Å². The van der Waals surface area contributed by atoms with Gasteiger partial charge in [0.25, 0.3) is 5.91 Å². The van der Waals surface area contributed by atoms with Crippen molar-refractivity contribution in [1.82, 2.24) is 15.1 Å². The maximum absolute atomic E-state index is 12.1. The fourth-order valence-electron chi connectivity index (χ4n) is 2.39. The van der Waals surface area contributed by atoms with Crippen LogP contribution in [0.5, 0.6) is 0 Å². The van der Waals surface area contributed by atoms with Gasteiger partial charge in [0.05, 0.1) is 11.9 Å². The highest BCUT2D eigenvalue weighted by molar-refractivity contribution is 5.97. The molecule has 2 rings (SSSR count). The molecule has 0 unspecified atom stereocenters. The zero-order valence-electron chi connectivity index (χ0n) is 10.4. The second-order valence-electron chi connectivity index (χ2n) is 5.07. The Hall–Kier alpha value is -1.52. The minimum absolute atomic E-state index is 0.0257. The van der Waals surface area contributed by atoms with Crippen molar-refractivity contribution in [3.63, 3.8) is 0 Å². The van der Waals surface area contributed by atoms with Crippen LogP contribution in [0.3, 0.4) is 0 Å². The van der Waals surface area contributed by atoms with Gasteiger partial charge >= 0.3 is 0 Å². The van der Waals surface area contributed by atoms with E-state index >= 15 is 0 Å². The summed E-state index contributed by atoms with van der Waals surface area (Å²) < 4.78 is 0. The summed E-state index contributed by atoms with van der Waals surface area (Å²) in [5.74, 6) is 1.41. The van der Waals surface area contributed by atoms with Crippen LogP contribution in [0.4, 0.5) is 5.69 Å². The standard InChI is InChI=1S/C12H20N4O/c1-8(2)9-3-5-16(6-4-9)12(17)11-10(13)7-14-15-11/h7-9H,3-6,13H2,1-2H3,(H,14,15). The van der Waals surface area contributed by atoms with Gasteiger partial charge in [-0.15, -0.1) is 0 Å². The first kappa shape index (κ1) is 12.0. The van der Waals surface area contributed by atoms with E-state index in [1.807, 2.05) is 4.90 Å². The number of H-pyrrole nitrogens is 1. The lowest BCUT2D eigenvalue weighted by Crippen LogP contribution is -2.39. The molecule has 94 valence electrons. The molecule has 0 saturated carbocycles. The fourth-order valence-corrected chi connectivity index (χ4v) is 2.39. The molecule has 1 fully saturated rings. The van der Waals surface area contributed by atoms with Gasteiger partial charge in [-0.25, -0.2) is 0 Å². The van der Waals surface area contributed by atoms with Crippen LogP contribution in [0.15, 0.2) is 6.20 Å². The van der Waals surface area contributed by atoms with E-state index < -0.39 is 0 Å². The molecule has 1 amide bonds. The fraction of sp³-hybridized carbons (Fsp3) is 0.667. The average molecular weight is 236 g/mol. The first-order valence-electron chi connectivity index (χ1n) is 6.17. The van der Waals surface area contributed by atoms with Crippen molar-refractivity contribution in [3.8, 4) is 0 Å². The Morgan fingerprint density at radius 3 is 2.65 bits per heavy atom. The van der Waals surface area contributed by atoms with Crippen LogP contribution in [0, 0.1) is 11.8 Å². The van der Waals surface area contributed by atoms with E-state index in [1.165, 1.54) is 6.20 Å². The van der Waals surface area contributed by atoms with E-state index in [9.17, 15) is 4.79 Å². The van der Waals surface area contributed by atoms with E-state index in [-0.39, 0.29) is 5.91 Å². The van der Waals surface area contributed by atoms with Crippen LogP contribution < -0.4 is 5.73 Å². The summed E-state index contributed by atoms with van der Waals surface area (Å²) in [5, 5.41) is 6.45. The number of hydrogen-bond donors (Lipinski definition) is 2. The Bertz CT molecular complexity index is 391. The summed E-state index contributed by atoms with van der Waals surface area (Å²) in [6.07, 6.45) is 3.64. The zero-order chi connectivity index (χ0) is 12.4. The zero-order valence-corrected chi connectivity index (χ0v) is 10.4. The molecule has 0 bridgehead atoms. The molecule has 3 N–H and O–H groups in total. The lowest BCUT2D eigenvalue weighted by atomic mass is 9.86. The highest BCUT2D eigenvalue weighted by atomic mass is 16.2. The third kappa shape index (κ3) is 2.43. The van der Waals surface area contributed by atoms with E-state index in [2.05, 4.69) is 24.0 Å². The summed E-state index contributed by atoms with van der Waals surface area (Å²) in [6.45, 7) is 6.13. The average Bonchev–Trinajstić information content (AvgIpc) is 2.74. The monoisotopic (exact) mass is 236 g/mol. The number of carbonyl (C=O) groups excluding carboxylic acids is 1. The van der Waals surface area contributed by atoms with Gasteiger partial charge in [0, 0.05) is 13.1 Å². The number of nitrogens with two attached hydrogens (primary N) is 1. The predicted octanol–water partition coefficient (Wildman–Crippen LogP) is 1.50. The number of hydrogen-bond acceptors (Lipinski definition) is 3. The molecule has 1 aromatic rings. The molecular weight excluding hydrogens is 216 g/mol. The van der Waals surface area contributed by atoms with Crippen molar-refractivity contribution in [2.45, 2.75) is 26.7 Å². The van der Waals surface area contributed by atoms with Gasteiger partial charge in [-0.1, -0.05) is 13.8 Å². The summed E-state index contributed by atoms with van der Waals surface area (Å²) in [7, 11) is 0. The number of aromatic nitrogens is 2. The molecule has 0 radical (unpaired) electrons. The SMILES string of the molecule is CC(C)C1CCN(C(=O)c2[nH]ncc2N)CC1. The summed E-state index contributed by atoms with van der Waals surface area (Å²) in [5.41, 5.74) is 6.54. The van der Waals surface area contributed by atoms with Gasteiger partial charge < -0.3 is 10.6 Å². The van der Waals surface area contributed by atoms with Gasteiger partial charge in [-0.3, -0.25) is 9.89 Å². The molecule has 2 heterocycles. The molecule has 0 aromatic carbocycles. The minimum atomic E-state index is -0.0257. The summed E-state index contributed by atoms with van der Waals surface area (Å²) in [4.78, 5) is 14.0. The van der Waals surface area contributed by atoms with Crippen molar-refractivity contribution in [1.29, 1.82) is 0 Å². The quantitative estimate of drug-likeness (QED) is 0.817. The molecule has 5 heteroatoms. The van der Waals surface area contributed by atoms with Crippen molar-refractivity contribution < 1.29 is 4.79 Å². The predicted molar refractivity (Wildman–Crippen MR) is 66.5 cm³/mol. The Kier molecular flexibility index (Phi) is 3.36. The second-order valence-corrected chi connectivity index (χ2v) is 5.07. The van der Waals surface area contributed by atoms with E-state index in [0.717, 1.165) is 31.8 Å². The highest BCUT2D eigenvalue weighted by Gasteiger charge is 2.26. The molecule has 1 saturated heterocycles. The molecule has 5 nitrogen and oxygen atoms in total. The number of likely N-dealkylation sites (tertiary alicyclic amines) is 1. The molecule has 17 heavy (non-hydrogen) atoms. The molecular formula is C12H20N4O. The lowest BCUT2D eigenvalue weighted by Gasteiger charge is -2.33. The Labute approximate surface area is 101 Å². The van der Waals surface area contributed by atoms with Gasteiger partial charge in [0.2, 0.25) is 0 Å². The topological polar surface area (TPSA) is 75.0 Å².